The second kappa shape index (κ2) is 57.4. The Bertz CT molecular complexity index is 1150. The van der Waals surface area contributed by atoms with E-state index < -0.39 is 12.1 Å². The third kappa shape index (κ3) is 53.2. The minimum atomic E-state index is -0.670. The maximum atomic E-state index is 12.4. The molecule has 6 nitrogen and oxygen atoms in total. The van der Waals surface area contributed by atoms with Crippen LogP contribution in [0.4, 0.5) is 0 Å². The van der Waals surface area contributed by atoms with Gasteiger partial charge in [-0.15, -0.1) is 0 Å². The van der Waals surface area contributed by atoms with Crippen LogP contribution in [0.1, 0.15) is 309 Å². The Morgan fingerprint density at radius 1 is 0.412 bits per heavy atom. The summed E-state index contributed by atoms with van der Waals surface area (Å²) in [5.74, 6) is -0.0484. The molecular weight excluding hydrogens is 839 g/mol. The molecule has 0 bridgehead atoms. The van der Waals surface area contributed by atoms with Crippen molar-refractivity contribution >= 4 is 11.9 Å². The van der Waals surface area contributed by atoms with Crippen LogP contribution in [-0.2, 0) is 14.3 Å². The van der Waals surface area contributed by atoms with Gasteiger partial charge in [-0.25, -0.2) is 0 Å². The second-order valence-corrected chi connectivity index (χ2v) is 20.3. The van der Waals surface area contributed by atoms with E-state index in [0.717, 1.165) is 70.6 Å². The van der Waals surface area contributed by atoms with Crippen molar-refractivity contribution < 1.29 is 24.5 Å². The van der Waals surface area contributed by atoms with E-state index in [1.807, 2.05) is 0 Å². The zero-order chi connectivity index (χ0) is 49.3. The summed E-state index contributed by atoms with van der Waals surface area (Å²) in [6.45, 7) is 4.91. The number of hydrogen-bond donors (Lipinski definition) is 3. The van der Waals surface area contributed by atoms with Crippen molar-refractivity contribution in [2.24, 2.45) is 0 Å². The Labute approximate surface area is 423 Å². The molecule has 0 radical (unpaired) electrons. The van der Waals surface area contributed by atoms with E-state index in [0.29, 0.717) is 25.9 Å². The summed E-state index contributed by atoms with van der Waals surface area (Å²) in [7, 11) is 0. The van der Waals surface area contributed by atoms with Crippen LogP contribution in [0.15, 0.2) is 48.6 Å². The maximum Gasteiger partial charge on any atom is 0.305 e. The summed E-state index contributed by atoms with van der Waals surface area (Å²) in [6.07, 6.45) is 72.6. The van der Waals surface area contributed by atoms with E-state index in [1.54, 1.807) is 0 Å². The van der Waals surface area contributed by atoms with Crippen molar-refractivity contribution in [1.29, 1.82) is 0 Å². The first kappa shape index (κ1) is 65.8. The Hall–Kier alpha value is -2.18. The quantitative estimate of drug-likeness (QED) is 0.0321. The number of nitrogens with one attached hydrogen (secondary N) is 1. The number of rotatable bonds is 55. The number of carbonyl (C=O) groups is 2. The molecule has 0 aliphatic carbocycles. The molecule has 0 rings (SSSR count). The first-order valence-corrected chi connectivity index (χ1v) is 29.9. The fourth-order valence-corrected chi connectivity index (χ4v) is 8.99. The van der Waals surface area contributed by atoms with Gasteiger partial charge in [0.05, 0.1) is 25.4 Å². The predicted molar refractivity (Wildman–Crippen MR) is 296 cm³/mol. The SMILES string of the molecule is CCCCCC/C=C\C/C=C\CCCCCCCCCC(=O)OCCCCCCCCCCC/C=C\C/C=C\CCCCCCCCCC(=O)NC(CO)C(O)CCCCCCCCCCCC. The van der Waals surface area contributed by atoms with Crippen LogP contribution in [0, 0.1) is 0 Å². The molecule has 0 saturated heterocycles. The first-order chi connectivity index (χ1) is 33.5. The summed E-state index contributed by atoms with van der Waals surface area (Å²) in [5.41, 5.74) is 0. The lowest BCUT2D eigenvalue weighted by Crippen LogP contribution is -2.45. The molecule has 0 aliphatic rings. The smallest absolute Gasteiger partial charge is 0.305 e. The first-order valence-electron chi connectivity index (χ1n) is 29.9. The number of hydrogen-bond acceptors (Lipinski definition) is 5. The molecule has 0 aromatic carbocycles. The number of aliphatic hydroxyl groups is 2. The molecule has 398 valence electrons. The molecule has 0 saturated carbocycles. The van der Waals surface area contributed by atoms with Crippen LogP contribution in [0.3, 0.4) is 0 Å². The normalized spacial score (nSPS) is 12.9. The van der Waals surface area contributed by atoms with Gasteiger partial charge in [-0.05, 0) is 89.9 Å². The van der Waals surface area contributed by atoms with Crippen molar-refractivity contribution in [2.45, 2.75) is 321 Å². The molecule has 0 aliphatic heterocycles. The average Bonchev–Trinajstić information content (AvgIpc) is 3.34. The second-order valence-electron chi connectivity index (χ2n) is 20.3. The fourth-order valence-electron chi connectivity index (χ4n) is 8.99. The zero-order valence-corrected chi connectivity index (χ0v) is 45.3. The molecule has 0 heterocycles. The van der Waals surface area contributed by atoms with Crippen molar-refractivity contribution in [3.63, 3.8) is 0 Å². The number of aliphatic hydroxyl groups excluding tert-OH is 2. The van der Waals surface area contributed by atoms with Crippen LogP contribution < -0.4 is 5.32 Å². The Morgan fingerprint density at radius 2 is 0.735 bits per heavy atom. The van der Waals surface area contributed by atoms with Crippen molar-refractivity contribution in [3.8, 4) is 0 Å². The van der Waals surface area contributed by atoms with Crippen LogP contribution in [0.5, 0.6) is 0 Å². The highest BCUT2D eigenvalue weighted by Crippen LogP contribution is 2.16. The number of allylic oxidation sites excluding steroid dienone is 8. The van der Waals surface area contributed by atoms with Gasteiger partial charge in [-0.1, -0.05) is 255 Å². The third-order valence-corrected chi connectivity index (χ3v) is 13.6. The monoisotopic (exact) mass is 954 g/mol. The molecule has 0 fully saturated rings. The van der Waals surface area contributed by atoms with Crippen molar-refractivity contribution in [2.75, 3.05) is 13.2 Å². The minimum Gasteiger partial charge on any atom is -0.466 e. The lowest BCUT2D eigenvalue weighted by Gasteiger charge is -2.22. The number of unbranched alkanes of at least 4 members (excludes halogenated alkanes) is 36. The number of ether oxygens (including phenoxy) is 1. The van der Waals surface area contributed by atoms with Gasteiger partial charge in [0.2, 0.25) is 5.91 Å². The lowest BCUT2D eigenvalue weighted by atomic mass is 10.0. The Morgan fingerprint density at radius 3 is 1.13 bits per heavy atom. The van der Waals surface area contributed by atoms with Crippen LogP contribution in [-0.4, -0.2) is 47.4 Å². The van der Waals surface area contributed by atoms with Crippen molar-refractivity contribution in [3.05, 3.63) is 48.6 Å². The van der Waals surface area contributed by atoms with E-state index in [-0.39, 0.29) is 18.5 Å². The molecule has 1 amide bonds. The highest BCUT2D eigenvalue weighted by atomic mass is 16.5. The average molecular weight is 955 g/mol. The summed E-state index contributed by atoms with van der Waals surface area (Å²) in [4.78, 5) is 24.5. The van der Waals surface area contributed by atoms with E-state index in [1.165, 1.54) is 205 Å². The molecular formula is C62H115NO5. The van der Waals surface area contributed by atoms with E-state index in [9.17, 15) is 19.8 Å². The summed E-state index contributed by atoms with van der Waals surface area (Å²) >= 11 is 0. The topological polar surface area (TPSA) is 95.9 Å². The highest BCUT2D eigenvalue weighted by Gasteiger charge is 2.20. The van der Waals surface area contributed by atoms with Crippen LogP contribution >= 0.6 is 0 Å². The summed E-state index contributed by atoms with van der Waals surface area (Å²) in [6, 6.07) is -0.548. The van der Waals surface area contributed by atoms with Gasteiger partial charge in [0.15, 0.2) is 0 Å². The highest BCUT2D eigenvalue weighted by molar-refractivity contribution is 5.76. The lowest BCUT2D eigenvalue weighted by molar-refractivity contribution is -0.143. The third-order valence-electron chi connectivity index (χ3n) is 13.6. The minimum absolute atomic E-state index is 0.000774. The van der Waals surface area contributed by atoms with Gasteiger partial charge >= 0.3 is 5.97 Å². The molecule has 2 unspecified atom stereocenters. The number of carbonyl (C=O) groups excluding carboxylic acids is 2. The zero-order valence-electron chi connectivity index (χ0n) is 45.3. The van der Waals surface area contributed by atoms with Gasteiger partial charge in [-0.2, -0.15) is 0 Å². The van der Waals surface area contributed by atoms with Crippen molar-refractivity contribution in [1.82, 2.24) is 5.32 Å². The standard InChI is InChI=1S/C62H115NO5/c1-3-5-7-9-11-13-15-16-17-18-27-30-33-36-40-44-48-52-56-62(67)68-57-53-49-45-41-37-34-31-28-25-23-21-19-20-22-24-26-29-32-35-39-43-47-51-55-61(66)63-59(58-64)60(65)54-50-46-42-38-14-12-10-8-6-4-2/h13,15,17-19,21-22,24,59-60,64-65H,3-12,14,16,20,23,25-58H2,1-2H3,(H,63,66)/b15-13-,18-17-,21-19-,24-22-. The van der Waals surface area contributed by atoms with Gasteiger partial charge < -0.3 is 20.3 Å². The maximum absolute atomic E-state index is 12.4. The Kier molecular flexibility index (Phi) is 55.6. The molecule has 3 N–H and O–H groups in total. The van der Waals surface area contributed by atoms with Gasteiger partial charge in [0, 0.05) is 12.8 Å². The van der Waals surface area contributed by atoms with Gasteiger partial charge in [0.25, 0.3) is 0 Å². The molecule has 0 spiro atoms. The van der Waals surface area contributed by atoms with Gasteiger partial charge in [0.1, 0.15) is 0 Å². The molecule has 6 heteroatoms. The largest absolute Gasteiger partial charge is 0.466 e. The van der Waals surface area contributed by atoms with E-state index in [4.69, 9.17) is 4.74 Å². The summed E-state index contributed by atoms with van der Waals surface area (Å²) < 4.78 is 5.48. The van der Waals surface area contributed by atoms with Crippen LogP contribution in [0.25, 0.3) is 0 Å². The van der Waals surface area contributed by atoms with Gasteiger partial charge in [-0.3, -0.25) is 9.59 Å². The fraction of sp³-hybridized carbons (Fsp3) is 0.839. The number of amides is 1. The number of esters is 1. The molecule has 2 atom stereocenters. The molecule has 0 aromatic rings. The van der Waals surface area contributed by atoms with Crippen LogP contribution in [0.2, 0.25) is 0 Å². The molecule has 68 heavy (non-hydrogen) atoms. The predicted octanol–water partition coefficient (Wildman–Crippen LogP) is 18.6. The Balaban J connectivity index is 3.43. The molecule has 0 aromatic heterocycles. The van der Waals surface area contributed by atoms with E-state index in [2.05, 4.69) is 67.8 Å². The van der Waals surface area contributed by atoms with E-state index >= 15 is 0 Å². The summed E-state index contributed by atoms with van der Waals surface area (Å²) in [5, 5.41) is 23.1.